The summed E-state index contributed by atoms with van der Waals surface area (Å²) in [5.74, 6) is 0. The van der Waals surface area contributed by atoms with Gasteiger partial charge in [0.05, 0.1) is 12.7 Å². The Morgan fingerprint density at radius 3 is 2.39 bits per heavy atom. The van der Waals surface area contributed by atoms with Crippen LogP contribution in [-0.4, -0.2) is 93.5 Å². The third kappa shape index (κ3) is 5.51. The Balaban J connectivity index is 1.70. The standard InChI is InChI=1S/C20H29NO10/c1-2-11-14(23)15(24)13(21-20(27)28-9-10-6-4-3-5-7-10)19(30-11)31-17-12(8-22)29-18(26)16(17)25/h3-7,11-19,22-26H,2,8-9H2,1H3,(H,21,27)/t11-,12+,13+,14+,15+,16+,17+,18?,19+/m0/s1. The molecule has 31 heavy (non-hydrogen) atoms. The van der Waals surface area contributed by atoms with Crippen LogP contribution in [-0.2, 0) is 25.6 Å². The number of carbonyl (C=O) groups is 1. The summed E-state index contributed by atoms with van der Waals surface area (Å²) in [6, 6.07) is 7.70. The van der Waals surface area contributed by atoms with Crippen LogP contribution in [0.4, 0.5) is 4.79 Å². The minimum absolute atomic E-state index is 0.0179. The molecule has 0 aromatic heterocycles. The van der Waals surface area contributed by atoms with Gasteiger partial charge in [0.2, 0.25) is 0 Å². The molecule has 11 heteroatoms. The summed E-state index contributed by atoms with van der Waals surface area (Å²) in [6.45, 7) is 1.16. The van der Waals surface area contributed by atoms with Crippen LogP contribution in [0.25, 0.3) is 0 Å². The first-order valence-corrected chi connectivity index (χ1v) is 10.1. The molecule has 9 atom stereocenters. The lowest BCUT2D eigenvalue weighted by Gasteiger charge is -2.43. The lowest BCUT2D eigenvalue weighted by atomic mass is 9.95. The van der Waals surface area contributed by atoms with Gasteiger partial charge in [0.15, 0.2) is 12.6 Å². The van der Waals surface area contributed by atoms with E-state index in [-0.39, 0.29) is 6.61 Å². The average Bonchev–Trinajstić information content (AvgIpc) is 3.05. The molecule has 2 fully saturated rings. The molecule has 2 aliphatic rings. The Morgan fingerprint density at radius 1 is 1.03 bits per heavy atom. The van der Waals surface area contributed by atoms with Crippen LogP contribution in [0.3, 0.4) is 0 Å². The number of alkyl carbamates (subject to hydrolysis) is 1. The number of nitrogens with one attached hydrogen (secondary N) is 1. The fourth-order valence-corrected chi connectivity index (χ4v) is 3.63. The Labute approximate surface area is 179 Å². The van der Waals surface area contributed by atoms with Gasteiger partial charge in [-0.2, -0.15) is 0 Å². The minimum atomic E-state index is -1.58. The molecule has 0 aliphatic carbocycles. The molecule has 2 aliphatic heterocycles. The highest BCUT2D eigenvalue weighted by Crippen LogP contribution is 2.29. The van der Waals surface area contributed by atoms with Crippen LogP contribution in [0.15, 0.2) is 30.3 Å². The molecule has 2 heterocycles. The molecular weight excluding hydrogens is 414 g/mol. The summed E-state index contributed by atoms with van der Waals surface area (Å²) >= 11 is 0. The van der Waals surface area contributed by atoms with Crippen molar-refractivity contribution in [1.29, 1.82) is 0 Å². The van der Waals surface area contributed by atoms with Crippen molar-refractivity contribution >= 4 is 6.09 Å². The normalized spacial score (nSPS) is 38.1. The fourth-order valence-electron chi connectivity index (χ4n) is 3.63. The second-order valence-electron chi connectivity index (χ2n) is 7.50. The number of rotatable bonds is 7. The Hall–Kier alpha value is -1.83. The van der Waals surface area contributed by atoms with Crippen LogP contribution in [0.1, 0.15) is 18.9 Å². The van der Waals surface area contributed by atoms with Gasteiger partial charge in [0.25, 0.3) is 0 Å². The second-order valence-corrected chi connectivity index (χ2v) is 7.50. The van der Waals surface area contributed by atoms with Crippen LogP contribution < -0.4 is 5.32 Å². The maximum Gasteiger partial charge on any atom is 0.407 e. The summed E-state index contributed by atoms with van der Waals surface area (Å²) in [7, 11) is 0. The zero-order valence-corrected chi connectivity index (χ0v) is 17.0. The van der Waals surface area contributed by atoms with Gasteiger partial charge in [0.1, 0.15) is 43.2 Å². The number of hydrogen-bond donors (Lipinski definition) is 6. The fraction of sp³-hybridized carbons (Fsp3) is 0.650. The minimum Gasteiger partial charge on any atom is -0.445 e. The molecule has 1 amide bonds. The quantitative estimate of drug-likeness (QED) is 0.295. The van der Waals surface area contributed by atoms with Gasteiger partial charge in [-0.25, -0.2) is 4.79 Å². The third-order valence-electron chi connectivity index (χ3n) is 5.38. The van der Waals surface area contributed by atoms with Gasteiger partial charge in [-0.05, 0) is 12.0 Å². The topological polar surface area (TPSA) is 167 Å². The highest BCUT2D eigenvalue weighted by molar-refractivity contribution is 5.67. The summed E-state index contributed by atoms with van der Waals surface area (Å²) in [5.41, 5.74) is 0.753. The van der Waals surface area contributed by atoms with Crippen LogP contribution in [0.2, 0.25) is 0 Å². The number of carbonyl (C=O) groups excluding carboxylic acids is 1. The van der Waals surface area contributed by atoms with Gasteiger partial charge in [-0.3, -0.25) is 0 Å². The summed E-state index contributed by atoms with van der Waals surface area (Å²) in [6.07, 6.45) is -10.8. The van der Waals surface area contributed by atoms with E-state index in [2.05, 4.69) is 5.32 Å². The SMILES string of the molecule is CC[C@@H]1O[C@H](O[C@@H]2[C@@H](CO)OC(O)[C@@H]2O)[C@H](NC(=O)OCc2ccccc2)[C@@H](O)[C@@H]1O. The first-order valence-electron chi connectivity index (χ1n) is 10.1. The maximum atomic E-state index is 12.3. The molecule has 0 bridgehead atoms. The number of hydrogen-bond acceptors (Lipinski definition) is 10. The lowest BCUT2D eigenvalue weighted by molar-refractivity contribution is -0.286. The predicted molar refractivity (Wildman–Crippen MR) is 103 cm³/mol. The molecule has 1 aromatic carbocycles. The van der Waals surface area contributed by atoms with E-state index in [1.807, 2.05) is 6.07 Å². The van der Waals surface area contributed by atoms with E-state index in [1.165, 1.54) is 0 Å². The van der Waals surface area contributed by atoms with E-state index in [9.17, 15) is 30.3 Å². The molecule has 6 N–H and O–H groups in total. The van der Waals surface area contributed by atoms with Gasteiger partial charge in [-0.15, -0.1) is 0 Å². The van der Waals surface area contributed by atoms with Crippen LogP contribution in [0, 0.1) is 0 Å². The second kappa shape index (κ2) is 10.7. The number of amides is 1. The average molecular weight is 443 g/mol. The van der Waals surface area contributed by atoms with E-state index in [0.29, 0.717) is 6.42 Å². The zero-order valence-electron chi connectivity index (χ0n) is 17.0. The van der Waals surface area contributed by atoms with E-state index in [0.717, 1.165) is 5.56 Å². The lowest BCUT2D eigenvalue weighted by Crippen LogP contribution is -2.65. The maximum absolute atomic E-state index is 12.3. The molecular formula is C20H29NO10. The van der Waals surface area contributed by atoms with Gasteiger partial charge >= 0.3 is 6.09 Å². The number of ether oxygens (including phenoxy) is 4. The van der Waals surface area contributed by atoms with E-state index >= 15 is 0 Å². The van der Waals surface area contributed by atoms with Gasteiger partial charge in [0, 0.05) is 0 Å². The smallest absolute Gasteiger partial charge is 0.407 e. The molecule has 11 nitrogen and oxygen atoms in total. The van der Waals surface area contributed by atoms with Crippen molar-refractivity contribution in [2.75, 3.05) is 6.61 Å². The van der Waals surface area contributed by atoms with Crippen molar-refractivity contribution in [2.24, 2.45) is 0 Å². The van der Waals surface area contributed by atoms with Gasteiger partial charge < -0.3 is 49.8 Å². The Morgan fingerprint density at radius 2 is 1.74 bits per heavy atom. The van der Waals surface area contributed by atoms with Crippen molar-refractivity contribution in [2.45, 2.75) is 75.2 Å². The van der Waals surface area contributed by atoms with Gasteiger partial charge in [-0.1, -0.05) is 37.3 Å². The first-order chi connectivity index (χ1) is 14.8. The molecule has 0 spiro atoms. The molecule has 0 saturated carbocycles. The van der Waals surface area contributed by atoms with Crippen LogP contribution in [0.5, 0.6) is 0 Å². The van der Waals surface area contributed by atoms with E-state index < -0.39 is 67.9 Å². The highest BCUT2D eigenvalue weighted by atomic mass is 16.7. The monoisotopic (exact) mass is 443 g/mol. The van der Waals surface area contributed by atoms with Crippen molar-refractivity contribution in [3.05, 3.63) is 35.9 Å². The van der Waals surface area contributed by atoms with Crippen molar-refractivity contribution in [3.8, 4) is 0 Å². The molecule has 2 saturated heterocycles. The van der Waals surface area contributed by atoms with E-state index in [4.69, 9.17) is 18.9 Å². The third-order valence-corrected chi connectivity index (χ3v) is 5.38. The molecule has 3 rings (SSSR count). The molecule has 174 valence electrons. The number of benzene rings is 1. The first kappa shape index (κ1) is 23.8. The van der Waals surface area contributed by atoms with Crippen molar-refractivity contribution < 1.29 is 49.3 Å². The molecule has 0 radical (unpaired) electrons. The summed E-state index contributed by atoms with van der Waals surface area (Å²) in [4.78, 5) is 12.3. The number of aliphatic hydroxyl groups is 5. The molecule has 1 aromatic rings. The number of aliphatic hydroxyl groups excluding tert-OH is 5. The van der Waals surface area contributed by atoms with E-state index in [1.54, 1.807) is 31.2 Å². The largest absolute Gasteiger partial charge is 0.445 e. The summed E-state index contributed by atoms with van der Waals surface area (Å²) in [5, 5.41) is 52.6. The highest BCUT2D eigenvalue weighted by Gasteiger charge is 2.50. The van der Waals surface area contributed by atoms with Crippen molar-refractivity contribution in [3.63, 3.8) is 0 Å². The summed E-state index contributed by atoms with van der Waals surface area (Å²) < 4.78 is 21.6. The predicted octanol–water partition coefficient (Wildman–Crippen LogP) is -1.41. The van der Waals surface area contributed by atoms with Crippen molar-refractivity contribution in [1.82, 2.24) is 5.32 Å². The molecule has 1 unspecified atom stereocenters. The Kier molecular flexibility index (Phi) is 8.19. The van der Waals surface area contributed by atoms with Crippen LogP contribution >= 0.6 is 0 Å². The Bertz CT molecular complexity index is 706. The zero-order chi connectivity index (χ0) is 22.5.